The molecule has 0 aromatic heterocycles. The zero-order chi connectivity index (χ0) is 15.8. The normalized spacial score (nSPS) is 10.5. The molecule has 0 aliphatic carbocycles. The van der Waals surface area contributed by atoms with Crippen molar-refractivity contribution in [3.05, 3.63) is 65.7 Å². The van der Waals surface area contributed by atoms with Crippen LogP contribution in [-0.4, -0.2) is 12.5 Å². The molecule has 0 saturated carbocycles. The van der Waals surface area contributed by atoms with Gasteiger partial charge < -0.3 is 10.6 Å². The van der Waals surface area contributed by atoms with E-state index in [1.54, 1.807) is 0 Å². The van der Waals surface area contributed by atoms with E-state index >= 15 is 0 Å². The summed E-state index contributed by atoms with van der Waals surface area (Å²) in [7, 11) is 0. The van der Waals surface area contributed by atoms with E-state index in [0.29, 0.717) is 25.4 Å². The summed E-state index contributed by atoms with van der Waals surface area (Å²) in [5.74, 6) is 0.605. The van der Waals surface area contributed by atoms with Crippen LogP contribution in [0.4, 0.5) is 5.69 Å². The first-order chi connectivity index (χ1) is 10.6. The van der Waals surface area contributed by atoms with Crippen molar-refractivity contribution in [3.8, 4) is 0 Å². The van der Waals surface area contributed by atoms with Gasteiger partial charge in [-0.05, 0) is 29.2 Å². The number of benzene rings is 2. The fourth-order valence-corrected chi connectivity index (χ4v) is 2.19. The zero-order valence-electron chi connectivity index (χ0n) is 13.3. The molecule has 0 radical (unpaired) electrons. The van der Waals surface area contributed by atoms with E-state index in [1.165, 1.54) is 5.56 Å². The van der Waals surface area contributed by atoms with Crippen LogP contribution in [0.15, 0.2) is 54.6 Å². The van der Waals surface area contributed by atoms with Crippen LogP contribution < -0.4 is 10.6 Å². The predicted molar refractivity (Wildman–Crippen MR) is 91.9 cm³/mol. The fraction of sp³-hybridized carbons (Fsp3) is 0.316. The number of carbonyl (C=O) groups is 1. The predicted octanol–water partition coefficient (Wildman–Crippen LogP) is 3.93. The van der Waals surface area contributed by atoms with Crippen molar-refractivity contribution in [2.24, 2.45) is 0 Å². The van der Waals surface area contributed by atoms with Gasteiger partial charge in [-0.15, -0.1) is 0 Å². The van der Waals surface area contributed by atoms with Gasteiger partial charge in [-0.25, -0.2) is 0 Å². The monoisotopic (exact) mass is 296 g/mol. The van der Waals surface area contributed by atoms with Gasteiger partial charge in [0.25, 0.3) is 0 Å². The molecule has 2 rings (SSSR count). The lowest BCUT2D eigenvalue weighted by molar-refractivity contribution is -0.121. The number of hydrogen-bond acceptors (Lipinski definition) is 2. The molecule has 0 heterocycles. The molecule has 0 bridgehead atoms. The summed E-state index contributed by atoms with van der Waals surface area (Å²) in [4.78, 5) is 11.8. The van der Waals surface area contributed by atoms with Crippen molar-refractivity contribution in [3.63, 3.8) is 0 Å². The Morgan fingerprint density at radius 2 is 1.68 bits per heavy atom. The van der Waals surface area contributed by atoms with E-state index < -0.39 is 0 Å². The molecule has 116 valence electrons. The van der Waals surface area contributed by atoms with Gasteiger partial charge in [0.1, 0.15) is 0 Å². The van der Waals surface area contributed by atoms with E-state index in [2.05, 4.69) is 48.7 Å². The molecule has 0 unspecified atom stereocenters. The Morgan fingerprint density at radius 1 is 1.00 bits per heavy atom. The lowest BCUT2D eigenvalue weighted by Crippen LogP contribution is -2.24. The summed E-state index contributed by atoms with van der Waals surface area (Å²) < 4.78 is 0. The van der Waals surface area contributed by atoms with E-state index in [1.807, 2.05) is 30.3 Å². The maximum Gasteiger partial charge on any atom is 0.222 e. The molecule has 2 aromatic carbocycles. The highest BCUT2D eigenvalue weighted by atomic mass is 16.1. The first-order valence-electron chi connectivity index (χ1n) is 7.79. The van der Waals surface area contributed by atoms with Crippen LogP contribution in [0.1, 0.15) is 37.3 Å². The number of carbonyl (C=O) groups excluding carboxylic acids is 1. The molecule has 0 aliphatic heterocycles. The maximum absolute atomic E-state index is 11.8. The Balaban J connectivity index is 1.68. The summed E-state index contributed by atoms with van der Waals surface area (Å²) in [6.07, 6.45) is 0.471. The van der Waals surface area contributed by atoms with Crippen molar-refractivity contribution in [1.82, 2.24) is 5.32 Å². The van der Waals surface area contributed by atoms with E-state index in [9.17, 15) is 4.79 Å². The quantitative estimate of drug-likeness (QED) is 0.813. The SMILES string of the molecule is CC(C)c1ccc(NCCC(=O)NCc2ccccc2)cc1. The number of nitrogens with one attached hydrogen (secondary N) is 2. The van der Waals surface area contributed by atoms with Crippen molar-refractivity contribution in [2.75, 3.05) is 11.9 Å². The third kappa shape index (κ3) is 5.24. The average molecular weight is 296 g/mol. The topological polar surface area (TPSA) is 41.1 Å². The van der Waals surface area contributed by atoms with Crippen molar-refractivity contribution in [2.45, 2.75) is 32.7 Å². The Labute approximate surface area is 132 Å². The van der Waals surface area contributed by atoms with E-state index in [4.69, 9.17) is 0 Å². The molecule has 3 heteroatoms. The molecule has 0 atom stereocenters. The molecule has 2 N–H and O–H groups in total. The molecule has 1 amide bonds. The molecule has 3 nitrogen and oxygen atoms in total. The van der Waals surface area contributed by atoms with Gasteiger partial charge in [0.2, 0.25) is 5.91 Å². The molecule has 0 saturated heterocycles. The summed E-state index contributed by atoms with van der Waals surface area (Å²) in [6, 6.07) is 18.3. The van der Waals surface area contributed by atoms with Gasteiger partial charge >= 0.3 is 0 Å². The highest BCUT2D eigenvalue weighted by molar-refractivity contribution is 5.76. The number of hydrogen-bond donors (Lipinski definition) is 2. The van der Waals surface area contributed by atoms with Gasteiger partial charge in [0, 0.05) is 25.2 Å². The molecular weight excluding hydrogens is 272 g/mol. The van der Waals surface area contributed by atoms with E-state index in [0.717, 1.165) is 11.3 Å². The molecule has 2 aromatic rings. The largest absolute Gasteiger partial charge is 0.385 e. The molecular formula is C19H24N2O. The highest BCUT2D eigenvalue weighted by Crippen LogP contribution is 2.16. The third-order valence-corrected chi connectivity index (χ3v) is 3.59. The second-order valence-electron chi connectivity index (χ2n) is 5.72. The van der Waals surface area contributed by atoms with Crippen LogP contribution in [0.25, 0.3) is 0 Å². The minimum atomic E-state index is 0.0650. The molecule has 0 fully saturated rings. The Morgan fingerprint density at radius 3 is 2.32 bits per heavy atom. The number of rotatable bonds is 7. The fourth-order valence-electron chi connectivity index (χ4n) is 2.19. The minimum Gasteiger partial charge on any atom is -0.385 e. The van der Waals surface area contributed by atoms with Crippen LogP contribution in [0, 0.1) is 0 Å². The standard InChI is InChI=1S/C19H24N2O/c1-15(2)17-8-10-18(11-9-17)20-13-12-19(22)21-14-16-6-4-3-5-7-16/h3-11,15,20H,12-14H2,1-2H3,(H,21,22). The van der Waals surface area contributed by atoms with Crippen LogP contribution in [0.5, 0.6) is 0 Å². The lowest BCUT2D eigenvalue weighted by atomic mass is 10.0. The Kier molecular flexibility index (Phi) is 6.01. The minimum absolute atomic E-state index is 0.0650. The average Bonchev–Trinajstić information content (AvgIpc) is 2.54. The molecule has 22 heavy (non-hydrogen) atoms. The van der Waals surface area contributed by atoms with Gasteiger partial charge in [0.15, 0.2) is 0 Å². The maximum atomic E-state index is 11.8. The first kappa shape index (κ1) is 16.1. The van der Waals surface area contributed by atoms with Crippen molar-refractivity contribution >= 4 is 11.6 Å². The van der Waals surface area contributed by atoms with Gasteiger partial charge in [-0.1, -0.05) is 56.3 Å². The van der Waals surface area contributed by atoms with Gasteiger partial charge in [0.05, 0.1) is 0 Å². The lowest BCUT2D eigenvalue weighted by Gasteiger charge is -2.09. The molecule has 0 aliphatic rings. The second-order valence-corrected chi connectivity index (χ2v) is 5.72. The third-order valence-electron chi connectivity index (χ3n) is 3.59. The van der Waals surface area contributed by atoms with Gasteiger partial charge in [-0.2, -0.15) is 0 Å². The van der Waals surface area contributed by atoms with Gasteiger partial charge in [-0.3, -0.25) is 4.79 Å². The van der Waals surface area contributed by atoms with Crippen molar-refractivity contribution in [1.29, 1.82) is 0 Å². The number of amides is 1. The summed E-state index contributed by atoms with van der Waals surface area (Å²) >= 11 is 0. The highest BCUT2D eigenvalue weighted by Gasteiger charge is 2.02. The second kappa shape index (κ2) is 8.23. The summed E-state index contributed by atoms with van der Waals surface area (Å²) in [5, 5.41) is 6.21. The van der Waals surface area contributed by atoms with Crippen LogP contribution in [0.2, 0.25) is 0 Å². The van der Waals surface area contributed by atoms with Crippen LogP contribution >= 0.6 is 0 Å². The van der Waals surface area contributed by atoms with E-state index in [-0.39, 0.29) is 5.91 Å². The first-order valence-corrected chi connectivity index (χ1v) is 7.79. The summed E-state index contributed by atoms with van der Waals surface area (Å²) in [5.41, 5.74) is 3.50. The Hall–Kier alpha value is -2.29. The zero-order valence-corrected chi connectivity index (χ0v) is 13.3. The Bertz CT molecular complexity index is 576. The van der Waals surface area contributed by atoms with Crippen LogP contribution in [-0.2, 0) is 11.3 Å². The summed E-state index contributed by atoms with van der Waals surface area (Å²) in [6.45, 7) is 5.59. The van der Waals surface area contributed by atoms with Crippen LogP contribution in [0.3, 0.4) is 0 Å². The van der Waals surface area contributed by atoms with Crippen molar-refractivity contribution < 1.29 is 4.79 Å². The molecule has 0 spiro atoms. The smallest absolute Gasteiger partial charge is 0.222 e. The number of anilines is 1.